The molecule has 0 aromatic heterocycles. The molecule has 0 spiro atoms. The van der Waals surface area contributed by atoms with E-state index in [9.17, 15) is 29.3 Å². The lowest BCUT2D eigenvalue weighted by molar-refractivity contribution is -0.384. The Kier molecular flexibility index (Phi) is 5.36. The van der Waals surface area contributed by atoms with Gasteiger partial charge in [-0.3, -0.25) is 29.4 Å². The van der Waals surface area contributed by atoms with Gasteiger partial charge in [-0.1, -0.05) is 13.8 Å². The third kappa shape index (κ3) is 3.51. The van der Waals surface area contributed by atoms with E-state index in [4.69, 9.17) is 4.74 Å². The number of imide groups is 1. The summed E-state index contributed by atoms with van der Waals surface area (Å²) in [7, 11) is 0. The summed E-state index contributed by atoms with van der Waals surface area (Å²) in [4.78, 5) is 62.5. The van der Waals surface area contributed by atoms with Crippen molar-refractivity contribution < 1.29 is 28.8 Å². The Bertz CT molecular complexity index is 927. The molecule has 2 bridgehead atoms. The predicted molar refractivity (Wildman–Crippen MR) is 107 cm³/mol. The first kappa shape index (κ1) is 21.1. The number of hydrogen-bond acceptors (Lipinski definition) is 7. The van der Waals surface area contributed by atoms with Crippen molar-refractivity contribution in [2.45, 2.75) is 39.2 Å². The van der Waals surface area contributed by atoms with Crippen LogP contribution >= 0.6 is 0 Å². The Balaban J connectivity index is 1.44. The maximum absolute atomic E-state index is 13.1. The van der Waals surface area contributed by atoms with E-state index in [0.717, 1.165) is 24.2 Å². The Labute approximate surface area is 178 Å². The van der Waals surface area contributed by atoms with Crippen LogP contribution < -0.4 is 0 Å². The number of nitro benzene ring substituents is 1. The smallest absolute Gasteiger partial charge is 0.330 e. The highest BCUT2D eigenvalue weighted by Crippen LogP contribution is 2.56. The van der Waals surface area contributed by atoms with E-state index in [-0.39, 0.29) is 52.7 Å². The minimum atomic E-state index is -1.07. The summed E-state index contributed by atoms with van der Waals surface area (Å²) in [5, 5.41) is 10.7. The molecule has 3 aliphatic rings. The number of hydrogen-bond donors (Lipinski definition) is 0. The summed E-state index contributed by atoms with van der Waals surface area (Å²) in [6.45, 7) is 2.88. The Morgan fingerprint density at radius 3 is 2.13 bits per heavy atom. The molecule has 31 heavy (non-hydrogen) atoms. The third-order valence-electron chi connectivity index (χ3n) is 6.86. The summed E-state index contributed by atoms with van der Waals surface area (Å²) in [5.41, 5.74) is 0.0120. The number of carbonyl (C=O) groups is 4. The molecule has 9 heteroatoms. The van der Waals surface area contributed by atoms with Gasteiger partial charge in [0.2, 0.25) is 11.8 Å². The molecule has 2 amide bonds. The van der Waals surface area contributed by atoms with Crippen LogP contribution in [-0.2, 0) is 19.1 Å². The lowest BCUT2D eigenvalue weighted by atomic mass is 9.81. The molecule has 2 saturated carbocycles. The van der Waals surface area contributed by atoms with Gasteiger partial charge in [0.15, 0.2) is 12.4 Å². The number of ether oxygens (including phenoxy) is 1. The summed E-state index contributed by atoms with van der Waals surface area (Å²) >= 11 is 0. The average molecular weight is 428 g/mol. The fourth-order valence-electron chi connectivity index (χ4n) is 5.46. The summed E-state index contributed by atoms with van der Waals surface area (Å²) in [5.74, 6) is -2.51. The zero-order chi connectivity index (χ0) is 22.4. The van der Waals surface area contributed by atoms with E-state index in [1.165, 1.54) is 24.3 Å². The van der Waals surface area contributed by atoms with Gasteiger partial charge >= 0.3 is 5.97 Å². The van der Waals surface area contributed by atoms with E-state index in [2.05, 4.69) is 0 Å². The number of benzene rings is 1. The van der Waals surface area contributed by atoms with Crippen LogP contribution in [0, 0.1) is 39.7 Å². The van der Waals surface area contributed by atoms with Crippen molar-refractivity contribution in [1.82, 2.24) is 4.90 Å². The lowest BCUT2D eigenvalue weighted by Crippen LogP contribution is -2.50. The van der Waals surface area contributed by atoms with E-state index < -0.39 is 29.3 Å². The third-order valence-corrected chi connectivity index (χ3v) is 6.86. The fourth-order valence-corrected chi connectivity index (χ4v) is 5.46. The first-order chi connectivity index (χ1) is 14.7. The topological polar surface area (TPSA) is 124 Å². The van der Waals surface area contributed by atoms with Gasteiger partial charge in [0.1, 0.15) is 6.04 Å². The van der Waals surface area contributed by atoms with Crippen LogP contribution in [0.3, 0.4) is 0 Å². The summed E-state index contributed by atoms with van der Waals surface area (Å²) in [6.07, 6.45) is 2.79. The minimum Gasteiger partial charge on any atom is -0.456 e. The molecular formula is C22H24N2O7. The van der Waals surface area contributed by atoms with Crippen molar-refractivity contribution in [3.63, 3.8) is 0 Å². The summed E-state index contributed by atoms with van der Waals surface area (Å²) < 4.78 is 5.19. The Morgan fingerprint density at radius 1 is 1.10 bits per heavy atom. The second-order valence-corrected chi connectivity index (χ2v) is 8.95. The van der Waals surface area contributed by atoms with Gasteiger partial charge in [-0.15, -0.1) is 0 Å². The van der Waals surface area contributed by atoms with Gasteiger partial charge in [0.25, 0.3) is 5.69 Å². The van der Waals surface area contributed by atoms with E-state index in [0.29, 0.717) is 0 Å². The van der Waals surface area contributed by atoms with Gasteiger partial charge in [-0.25, -0.2) is 4.79 Å². The molecule has 164 valence electrons. The van der Waals surface area contributed by atoms with Crippen molar-refractivity contribution >= 4 is 29.3 Å². The van der Waals surface area contributed by atoms with Gasteiger partial charge in [-0.05, 0) is 49.1 Å². The van der Waals surface area contributed by atoms with Crippen molar-refractivity contribution in [2.24, 2.45) is 29.6 Å². The molecular weight excluding hydrogens is 404 g/mol. The normalized spacial score (nSPS) is 27.5. The molecule has 1 aromatic carbocycles. The van der Waals surface area contributed by atoms with Crippen molar-refractivity contribution in [1.29, 1.82) is 0 Å². The SMILES string of the molecule is CC(C)[C@@H](C(=O)OCC(=O)c1ccc([N+](=O)[O-])cc1)N1C(=O)[C@@H]2[C@@H]3CC[C@@H](C3)[C@@H]2C1=O. The highest BCUT2D eigenvalue weighted by molar-refractivity contribution is 6.09. The van der Waals surface area contributed by atoms with Gasteiger partial charge in [-0.2, -0.15) is 0 Å². The van der Waals surface area contributed by atoms with Gasteiger partial charge < -0.3 is 4.74 Å². The highest BCUT2D eigenvalue weighted by Gasteiger charge is 2.62. The van der Waals surface area contributed by atoms with Crippen LogP contribution in [-0.4, -0.2) is 46.0 Å². The molecule has 0 unspecified atom stereocenters. The standard InChI is InChI=1S/C22H24N2O7/c1-11(2)19(23-20(26)17-13-3-4-14(9-13)18(17)21(23)27)22(28)31-10-16(25)12-5-7-15(8-6-12)24(29)30/h5-8,11,13-14,17-19H,3-4,9-10H2,1-2H3/t13-,14+,17-,18+,19-/m0/s1. The second kappa shape index (κ2) is 7.86. The molecule has 2 aliphatic carbocycles. The van der Waals surface area contributed by atoms with Crippen LogP contribution in [0.4, 0.5) is 5.69 Å². The maximum atomic E-state index is 13.1. The first-order valence-corrected chi connectivity index (χ1v) is 10.5. The van der Waals surface area contributed by atoms with Crippen LogP contribution in [0.5, 0.6) is 0 Å². The lowest BCUT2D eigenvalue weighted by Gasteiger charge is -2.28. The van der Waals surface area contributed by atoms with Crippen LogP contribution in [0.15, 0.2) is 24.3 Å². The predicted octanol–water partition coefficient (Wildman–Crippen LogP) is 2.38. The largest absolute Gasteiger partial charge is 0.456 e. The number of nitro groups is 1. The minimum absolute atomic E-state index is 0.154. The molecule has 9 nitrogen and oxygen atoms in total. The Morgan fingerprint density at radius 2 is 1.65 bits per heavy atom. The zero-order valence-electron chi connectivity index (χ0n) is 17.4. The molecule has 1 saturated heterocycles. The number of amides is 2. The van der Waals surface area contributed by atoms with Gasteiger partial charge in [0, 0.05) is 17.7 Å². The van der Waals surface area contributed by atoms with Crippen molar-refractivity contribution in [3.8, 4) is 0 Å². The number of Topliss-reactive ketones (excluding diaryl/α,β-unsaturated/α-hetero) is 1. The molecule has 1 aromatic rings. The number of esters is 1. The van der Waals surface area contributed by atoms with Crippen LogP contribution in [0.1, 0.15) is 43.5 Å². The fraction of sp³-hybridized carbons (Fsp3) is 0.545. The Hall–Kier alpha value is -3.10. The average Bonchev–Trinajstić information content (AvgIpc) is 3.42. The summed E-state index contributed by atoms with van der Waals surface area (Å²) in [6, 6.07) is 3.90. The highest BCUT2D eigenvalue weighted by atomic mass is 16.6. The molecule has 3 fully saturated rings. The maximum Gasteiger partial charge on any atom is 0.330 e. The van der Waals surface area contributed by atoms with E-state index >= 15 is 0 Å². The zero-order valence-corrected chi connectivity index (χ0v) is 17.4. The van der Waals surface area contributed by atoms with Crippen LogP contribution in [0.25, 0.3) is 0 Å². The number of fused-ring (bicyclic) bond motifs is 5. The number of nitrogens with zero attached hydrogens (tertiary/aromatic N) is 2. The first-order valence-electron chi connectivity index (χ1n) is 10.5. The van der Waals surface area contributed by atoms with Gasteiger partial charge in [0.05, 0.1) is 16.8 Å². The molecule has 5 atom stereocenters. The van der Waals surface area contributed by atoms with Crippen LogP contribution in [0.2, 0.25) is 0 Å². The number of likely N-dealkylation sites (tertiary alicyclic amines) is 1. The number of carbonyl (C=O) groups excluding carboxylic acids is 4. The molecule has 1 heterocycles. The number of rotatable bonds is 7. The van der Waals surface area contributed by atoms with Crippen molar-refractivity contribution in [2.75, 3.05) is 6.61 Å². The monoisotopic (exact) mass is 428 g/mol. The molecule has 4 rings (SSSR count). The second-order valence-electron chi connectivity index (χ2n) is 8.95. The van der Waals surface area contributed by atoms with E-state index in [1.807, 2.05) is 0 Å². The quantitative estimate of drug-likeness (QED) is 0.215. The number of ketones is 1. The van der Waals surface area contributed by atoms with E-state index in [1.54, 1.807) is 13.8 Å². The molecule has 1 aliphatic heterocycles. The molecule has 0 radical (unpaired) electrons. The molecule has 0 N–H and O–H groups in total. The number of non-ortho nitro benzene ring substituents is 1. The van der Waals surface area contributed by atoms with Crippen molar-refractivity contribution in [3.05, 3.63) is 39.9 Å².